The van der Waals surface area contributed by atoms with Gasteiger partial charge in [-0.1, -0.05) is 20.3 Å². The Bertz CT molecular complexity index is 204. The average molecular weight is 226 g/mol. The highest BCUT2D eigenvalue weighted by atomic mass is 16.5. The number of hydrogen-bond donors (Lipinski definition) is 1. The van der Waals surface area contributed by atoms with Gasteiger partial charge in [0.25, 0.3) is 0 Å². The fourth-order valence-electron chi connectivity index (χ4n) is 2.81. The molecule has 0 aromatic carbocycles. The first-order valence-electron chi connectivity index (χ1n) is 6.86. The van der Waals surface area contributed by atoms with Gasteiger partial charge < -0.3 is 10.1 Å². The quantitative estimate of drug-likeness (QED) is 0.789. The molecule has 16 heavy (non-hydrogen) atoms. The van der Waals surface area contributed by atoms with Gasteiger partial charge in [-0.3, -0.25) is 4.90 Å². The second kappa shape index (κ2) is 5.99. The van der Waals surface area contributed by atoms with Crippen LogP contribution in [0.5, 0.6) is 0 Å². The van der Waals surface area contributed by atoms with Crippen molar-refractivity contribution < 1.29 is 4.74 Å². The van der Waals surface area contributed by atoms with Crippen LogP contribution >= 0.6 is 0 Å². The summed E-state index contributed by atoms with van der Waals surface area (Å²) in [6.07, 6.45) is 3.84. The molecule has 0 aromatic rings. The first-order chi connectivity index (χ1) is 7.81. The van der Waals surface area contributed by atoms with E-state index in [0.29, 0.717) is 12.1 Å². The highest BCUT2D eigenvalue weighted by Gasteiger charge is 2.28. The standard InChI is InChI=1S/C13H26N2O/c1-3-11(2)13-9-15(7-6-14-13)12-5-4-8-16-10-12/h11-14H,3-10H2,1-2H3. The van der Waals surface area contributed by atoms with E-state index in [2.05, 4.69) is 24.1 Å². The summed E-state index contributed by atoms with van der Waals surface area (Å²) in [6, 6.07) is 1.36. The zero-order chi connectivity index (χ0) is 11.4. The van der Waals surface area contributed by atoms with Gasteiger partial charge in [0.2, 0.25) is 0 Å². The lowest BCUT2D eigenvalue weighted by Crippen LogP contribution is -2.57. The minimum absolute atomic E-state index is 0.681. The van der Waals surface area contributed by atoms with E-state index in [-0.39, 0.29) is 0 Å². The Kier molecular flexibility index (Phi) is 4.62. The highest BCUT2D eigenvalue weighted by Crippen LogP contribution is 2.18. The molecule has 0 aromatic heterocycles. The van der Waals surface area contributed by atoms with Crippen LogP contribution in [0.4, 0.5) is 0 Å². The van der Waals surface area contributed by atoms with E-state index >= 15 is 0 Å². The maximum Gasteiger partial charge on any atom is 0.0621 e. The lowest BCUT2D eigenvalue weighted by molar-refractivity contribution is 0.00353. The van der Waals surface area contributed by atoms with Gasteiger partial charge in [-0.2, -0.15) is 0 Å². The van der Waals surface area contributed by atoms with Gasteiger partial charge in [-0.25, -0.2) is 0 Å². The molecular formula is C13H26N2O. The summed E-state index contributed by atoms with van der Waals surface area (Å²) in [5, 5.41) is 3.66. The van der Waals surface area contributed by atoms with Crippen molar-refractivity contribution in [3.8, 4) is 0 Å². The Morgan fingerprint density at radius 2 is 2.38 bits per heavy atom. The molecule has 2 aliphatic rings. The highest BCUT2D eigenvalue weighted by molar-refractivity contribution is 4.86. The van der Waals surface area contributed by atoms with Crippen LogP contribution in [0.25, 0.3) is 0 Å². The molecule has 0 radical (unpaired) electrons. The fourth-order valence-corrected chi connectivity index (χ4v) is 2.81. The molecule has 3 unspecified atom stereocenters. The predicted octanol–water partition coefficient (Wildman–Crippen LogP) is 1.49. The zero-order valence-electron chi connectivity index (χ0n) is 10.7. The third kappa shape index (κ3) is 2.96. The van der Waals surface area contributed by atoms with Crippen molar-refractivity contribution in [3.05, 3.63) is 0 Å². The van der Waals surface area contributed by atoms with Crippen LogP contribution in [0.2, 0.25) is 0 Å². The lowest BCUT2D eigenvalue weighted by Gasteiger charge is -2.42. The van der Waals surface area contributed by atoms with Gasteiger partial charge >= 0.3 is 0 Å². The SMILES string of the molecule is CCC(C)C1CN(C2CCCOC2)CCN1. The summed E-state index contributed by atoms with van der Waals surface area (Å²) < 4.78 is 5.60. The zero-order valence-corrected chi connectivity index (χ0v) is 10.7. The van der Waals surface area contributed by atoms with Gasteiger partial charge in [0.1, 0.15) is 0 Å². The Labute approximate surface area is 99.5 Å². The molecule has 2 aliphatic heterocycles. The Hall–Kier alpha value is -0.120. The molecule has 3 atom stereocenters. The van der Waals surface area contributed by atoms with Crippen molar-refractivity contribution in [3.63, 3.8) is 0 Å². The molecule has 2 heterocycles. The van der Waals surface area contributed by atoms with E-state index < -0.39 is 0 Å². The smallest absolute Gasteiger partial charge is 0.0621 e. The first kappa shape index (κ1) is 12.3. The minimum atomic E-state index is 0.681. The van der Waals surface area contributed by atoms with Gasteiger partial charge in [0.05, 0.1) is 6.61 Å². The third-order valence-electron chi connectivity index (χ3n) is 4.22. The molecule has 0 saturated carbocycles. The molecule has 0 spiro atoms. The molecule has 0 bridgehead atoms. The summed E-state index contributed by atoms with van der Waals surface area (Å²) in [5.41, 5.74) is 0. The molecule has 94 valence electrons. The molecule has 0 aliphatic carbocycles. The van der Waals surface area contributed by atoms with Crippen molar-refractivity contribution in [2.45, 2.75) is 45.2 Å². The molecule has 3 heteroatoms. The van der Waals surface area contributed by atoms with Crippen LogP contribution in [-0.2, 0) is 4.74 Å². The third-order valence-corrected chi connectivity index (χ3v) is 4.22. The predicted molar refractivity (Wildman–Crippen MR) is 66.7 cm³/mol. The van der Waals surface area contributed by atoms with Crippen molar-refractivity contribution >= 4 is 0 Å². The number of rotatable bonds is 3. The molecular weight excluding hydrogens is 200 g/mol. The Morgan fingerprint density at radius 1 is 1.50 bits per heavy atom. The molecule has 3 nitrogen and oxygen atoms in total. The monoisotopic (exact) mass is 226 g/mol. The van der Waals surface area contributed by atoms with Gasteiger partial charge in [0, 0.05) is 38.3 Å². The average Bonchev–Trinajstić information content (AvgIpc) is 2.39. The van der Waals surface area contributed by atoms with Gasteiger partial charge in [-0.05, 0) is 18.8 Å². The van der Waals surface area contributed by atoms with Crippen molar-refractivity contribution in [2.24, 2.45) is 5.92 Å². The van der Waals surface area contributed by atoms with E-state index in [1.165, 1.54) is 32.4 Å². The van der Waals surface area contributed by atoms with E-state index in [9.17, 15) is 0 Å². The maximum absolute atomic E-state index is 5.60. The molecule has 2 rings (SSSR count). The van der Waals surface area contributed by atoms with Crippen LogP contribution in [0.15, 0.2) is 0 Å². The van der Waals surface area contributed by atoms with Crippen LogP contribution < -0.4 is 5.32 Å². The number of nitrogens with one attached hydrogen (secondary N) is 1. The Balaban J connectivity index is 1.85. The number of piperazine rings is 1. The van der Waals surface area contributed by atoms with Crippen molar-refractivity contribution in [1.29, 1.82) is 0 Å². The van der Waals surface area contributed by atoms with Gasteiger partial charge in [-0.15, -0.1) is 0 Å². The van der Waals surface area contributed by atoms with Crippen molar-refractivity contribution in [2.75, 3.05) is 32.8 Å². The summed E-state index contributed by atoms with van der Waals surface area (Å²) >= 11 is 0. The maximum atomic E-state index is 5.60. The molecule has 2 fully saturated rings. The topological polar surface area (TPSA) is 24.5 Å². The van der Waals surface area contributed by atoms with E-state index in [4.69, 9.17) is 4.74 Å². The fraction of sp³-hybridized carbons (Fsp3) is 1.00. The van der Waals surface area contributed by atoms with Crippen LogP contribution in [0.3, 0.4) is 0 Å². The summed E-state index contributed by atoms with van der Waals surface area (Å²) in [4.78, 5) is 2.65. The summed E-state index contributed by atoms with van der Waals surface area (Å²) in [5.74, 6) is 0.785. The van der Waals surface area contributed by atoms with E-state index in [0.717, 1.165) is 25.7 Å². The lowest BCUT2D eigenvalue weighted by atomic mass is 9.95. The van der Waals surface area contributed by atoms with Gasteiger partial charge in [0.15, 0.2) is 0 Å². The number of hydrogen-bond acceptors (Lipinski definition) is 3. The molecule has 1 N–H and O–H groups in total. The molecule has 2 saturated heterocycles. The Morgan fingerprint density at radius 3 is 3.06 bits per heavy atom. The summed E-state index contributed by atoms with van der Waals surface area (Å²) in [6.45, 7) is 10.1. The van der Waals surface area contributed by atoms with Crippen LogP contribution in [0, 0.1) is 5.92 Å². The summed E-state index contributed by atoms with van der Waals surface area (Å²) in [7, 11) is 0. The normalized spacial score (nSPS) is 34.9. The van der Waals surface area contributed by atoms with E-state index in [1.54, 1.807) is 0 Å². The first-order valence-corrected chi connectivity index (χ1v) is 6.86. The number of ether oxygens (including phenoxy) is 1. The van der Waals surface area contributed by atoms with Crippen LogP contribution in [-0.4, -0.2) is 49.8 Å². The second-order valence-corrected chi connectivity index (χ2v) is 5.31. The van der Waals surface area contributed by atoms with Crippen molar-refractivity contribution in [1.82, 2.24) is 10.2 Å². The number of nitrogens with zero attached hydrogens (tertiary/aromatic N) is 1. The second-order valence-electron chi connectivity index (χ2n) is 5.31. The molecule has 0 amide bonds. The van der Waals surface area contributed by atoms with E-state index in [1.807, 2.05) is 0 Å². The van der Waals surface area contributed by atoms with Crippen LogP contribution in [0.1, 0.15) is 33.1 Å². The minimum Gasteiger partial charge on any atom is -0.380 e. The largest absolute Gasteiger partial charge is 0.380 e.